The minimum atomic E-state index is -0.607. The van der Waals surface area contributed by atoms with Crippen molar-refractivity contribution in [1.29, 1.82) is 0 Å². The van der Waals surface area contributed by atoms with Crippen LogP contribution in [0.3, 0.4) is 0 Å². The summed E-state index contributed by atoms with van der Waals surface area (Å²) < 4.78 is 0. The summed E-state index contributed by atoms with van der Waals surface area (Å²) in [5.41, 5.74) is 6.63. The van der Waals surface area contributed by atoms with Crippen LogP contribution in [0.4, 0.5) is 0 Å². The Morgan fingerprint density at radius 3 is 2.68 bits per heavy atom. The van der Waals surface area contributed by atoms with Gasteiger partial charge in [0.05, 0.1) is 11.6 Å². The smallest absolute Gasteiger partial charge is 0.243 e. The monoisotopic (exact) mass is 278 g/mol. The SMILES string of the molecule is NC1(C(=O)N2CCCC2c2ccccc2Cl)CCC1. The van der Waals surface area contributed by atoms with E-state index < -0.39 is 5.54 Å². The van der Waals surface area contributed by atoms with Gasteiger partial charge in [0.2, 0.25) is 5.91 Å². The number of carbonyl (C=O) groups is 1. The molecule has 0 spiro atoms. The number of likely N-dealkylation sites (tertiary alicyclic amines) is 1. The first-order valence-corrected chi connectivity index (χ1v) is 7.34. The van der Waals surface area contributed by atoms with E-state index in [4.69, 9.17) is 17.3 Å². The van der Waals surface area contributed by atoms with Crippen LogP contribution in [0, 0.1) is 0 Å². The molecule has 0 radical (unpaired) electrons. The number of nitrogens with two attached hydrogens (primary N) is 1. The molecule has 0 bridgehead atoms. The predicted molar refractivity (Wildman–Crippen MR) is 75.9 cm³/mol. The van der Waals surface area contributed by atoms with Crippen LogP contribution >= 0.6 is 11.6 Å². The van der Waals surface area contributed by atoms with Crippen LogP contribution in [0.1, 0.15) is 43.7 Å². The lowest BCUT2D eigenvalue weighted by Crippen LogP contribution is -2.59. The Hall–Kier alpha value is -1.06. The fourth-order valence-electron chi connectivity index (χ4n) is 3.14. The van der Waals surface area contributed by atoms with Crippen molar-refractivity contribution < 1.29 is 4.79 Å². The van der Waals surface area contributed by atoms with Gasteiger partial charge in [-0.15, -0.1) is 0 Å². The molecule has 1 aliphatic carbocycles. The molecule has 1 amide bonds. The van der Waals surface area contributed by atoms with Gasteiger partial charge in [0, 0.05) is 11.6 Å². The van der Waals surface area contributed by atoms with Crippen molar-refractivity contribution >= 4 is 17.5 Å². The Kier molecular flexibility index (Phi) is 3.27. The van der Waals surface area contributed by atoms with Gasteiger partial charge in [0.25, 0.3) is 0 Å². The predicted octanol–water partition coefficient (Wildman–Crippen LogP) is 2.88. The molecule has 19 heavy (non-hydrogen) atoms. The highest BCUT2D eigenvalue weighted by Crippen LogP contribution is 2.40. The highest BCUT2D eigenvalue weighted by Gasteiger charge is 2.45. The Balaban J connectivity index is 1.86. The van der Waals surface area contributed by atoms with E-state index in [1.807, 2.05) is 29.2 Å². The molecule has 1 atom stereocenters. The number of hydrogen-bond donors (Lipinski definition) is 1. The number of amides is 1. The van der Waals surface area contributed by atoms with E-state index in [0.717, 1.165) is 49.2 Å². The van der Waals surface area contributed by atoms with Crippen LogP contribution in [-0.2, 0) is 4.79 Å². The van der Waals surface area contributed by atoms with Crippen molar-refractivity contribution in [2.75, 3.05) is 6.54 Å². The van der Waals surface area contributed by atoms with Gasteiger partial charge in [-0.1, -0.05) is 29.8 Å². The fourth-order valence-corrected chi connectivity index (χ4v) is 3.40. The topological polar surface area (TPSA) is 46.3 Å². The van der Waals surface area contributed by atoms with Crippen LogP contribution in [-0.4, -0.2) is 22.9 Å². The summed E-state index contributed by atoms with van der Waals surface area (Å²) in [4.78, 5) is 14.5. The molecular weight excluding hydrogens is 260 g/mol. The van der Waals surface area contributed by atoms with Crippen LogP contribution in [0.2, 0.25) is 5.02 Å². The van der Waals surface area contributed by atoms with E-state index in [2.05, 4.69) is 0 Å². The standard InChI is InChI=1S/C15H19ClN2O/c16-12-6-2-1-5-11(12)13-7-3-10-18(13)14(19)15(17)8-4-9-15/h1-2,5-6,13H,3-4,7-10,17H2. The minimum absolute atomic E-state index is 0.0993. The Labute approximate surface area is 118 Å². The van der Waals surface area contributed by atoms with Gasteiger partial charge in [-0.3, -0.25) is 4.79 Å². The Bertz CT molecular complexity index is 499. The second-order valence-corrected chi connectivity index (χ2v) is 6.09. The van der Waals surface area contributed by atoms with E-state index in [0.29, 0.717) is 0 Å². The molecule has 3 rings (SSSR count). The zero-order chi connectivity index (χ0) is 13.5. The maximum atomic E-state index is 12.6. The van der Waals surface area contributed by atoms with Gasteiger partial charge in [-0.25, -0.2) is 0 Å². The van der Waals surface area contributed by atoms with Gasteiger partial charge in [0.1, 0.15) is 0 Å². The van der Waals surface area contributed by atoms with Gasteiger partial charge < -0.3 is 10.6 Å². The van der Waals surface area contributed by atoms with E-state index in [9.17, 15) is 4.79 Å². The van der Waals surface area contributed by atoms with Gasteiger partial charge >= 0.3 is 0 Å². The molecule has 1 aliphatic heterocycles. The van der Waals surface area contributed by atoms with Crippen LogP contribution in [0.5, 0.6) is 0 Å². The van der Waals surface area contributed by atoms with Crippen molar-refractivity contribution in [2.24, 2.45) is 5.73 Å². The molecule has 1 aromatic rings. The zero-order valence-corrected chi connectivity index (χ0v) is 11.7. The first-order valence-electron chi connectivity index (χ1n) is 6.96. The van der Waals surface area contributed by atoms with Crippen LogP contribution in [0.25, 0.3) is 0 Å². The summed E-state index contributed by atoms with van der Waals surface area (Å²) in [5.74, 6) is 0.112. The first-order chi connectivity index (χ1) is 9.12. The van der Waals surface area contributed by atoms with Crippen molar-refractivity contribution in [3.8, 4) is 0 Å². The molecule has 102 valence electrons. The first kappa shape index (κ1) is 12.9. The number of benzene rings is 1. The van der Waals surface area contributed by atoms with Crippen LogP contribution < -0.4 is 5.73 Å². The number of carbonyl (C=O) groups excluding carboxylic acids is 1. The van der Waals surface area contributed by atoms with Gasteiger partial charge in [-0.2, -0.15) is 0 Å². The summed E-state index contributed by atoms with van der Waals surface area (Å²) in [7, 11) is 0. The van der Waals surface area contributed by atoms with Crippen LogP contribution in [0.15, 0.2) is 24.3 Å². The summed E-state index contributed by atoms with van der Waals surface area (Å²) >= 11 is 6.27. The maximum Gasteiger partial charge on any atom is 0.243 e. The molecular formula is C15H19ClN2O. The lowest BCUT2D eigenvalue weighted by atomic mass is 9.76. The van der Waals surface area contributed by atoms with Crippen molar-refractivity contribution in [3.05, 3.63) is 34.9 Å². The Morgan fingerprint density at radius 2 is 2.05 bits per heavy atom. The second kappa shape index (κ2) is 4.80. The average Bonchev–Trinajstić information content (AvgIpc) is 2.84. The van der Waals surface area contributed by atoms with E-state index in [-0.39, 0.29) is 11.9 Å². The largest absolute Gasteiger partial charge is 0.334 e. The number of rotatable bonds is 2. The zero-order valence-electron chi connectivity index (χ0n) is 10.9. The molecule has 2 fully saturated rings. The highest BCUT2D eigenvalue weighted by molar-refractivity contribution is 6.31. The molecule has 1 saturated carbocycles. The maximum absolute atomic E-state index is 12.6. The molecule has 2 aliphatic rings. The second-order valence-electron chi connectivity index (χ2n) is 5.69. The Morgan fingerprint density at radius 1 is 1.32 bits per heavy atom. The molecule has 1 unspecified atom stereocenters. The van der Waals surface area contributed by atoms with Crippen molar-refractivity contribution in [2.45, 2.75) is 43.7 Å². The summed E-state index contributed by atoms with van der Waals surface area (Å²) in [5, 5.41) is 0.742. The molecule has 1 heterocycles. The van der Waals surface area contributed by atoms with E-state index in [1.165, 1.54) is 0 Å². The third kappa shape index (κ3) is 2.15. The van der Waals surface area contributed by atoms with Crippen molar-refractivity contribution in [3.63, 3.8) is 0 Å². The molecule has 1 saturated heterocycles. The summed E-state index contributed by atoms with van der Waals surface area (Å²) in [6.07, 6.45) is 4.70. The number of nitrogens with zero attached hydrogens (tertiary/aromatic N) is 1. The number of halogens is 1. The highest BCUT2D eigenvalue weighted by atomic mass is 35.5. The lowest BCUT2D eigenvalue weighted by Gasteiger charge is -2.41. The quantitative estimate of drug-likeness (QED) is 0.904. The summed E-state index contributed by atoms with van der Waals surface area (Å²) in [6, 6.07) is 7.90. The normalized spacial score (nSPS) is 25.2. The third-order valence-electron chi connectivity index (χ3n) is 4.45. The molecule has 4 heteroatoms. The fraction of sp³-hybridized carbons (Fsp3) is 0.533. The van der Waals surface area contributed by atoms with E-state index in [1.54, 1.807) is 0 Å². The van der Waals surface area contributed by atoms with E-state index >= 15 is 0 Å². The molecule has 0 aromatic heterocycles. The summed E-state index contributed by atoms with van der Waals surface area (Å²) in [6.45, 7) is 0.799. The average molecular weight is 279 g/mol. The van der Waals surface area contributed by atoms with Crippen molar-refractivity contribution in [1.82, 2.24) is 4.90 Å². The third-order valence-corrected chi connectivity index (χ3v) is 4.79. The van der Waals surface area contributed by atoms with Gasteiger partial charge in [-0.05, 0) is 43.7 Å². The molecule has 3 nitrogen and oxygen atoms in total. The minimum Gasteiger partial charge on any atom is -0.334 e. The van der Waals surface area contributed by atoms with Gasteiger partial charge in [0.15, 0.2) is 0 Å². The molecule has 2 N–H and O–H groups in total. The number of hydrogen-bond acceptors (Lipinski definition) is 2. The lowest BCUT2D eigenvalue weighted by molar-refractivity contribution is -0.141. The molecule has 1 aromatic carbocycles.